The molecule has 3 heterocycles. The number of H-pyrrole nitrogens is 1. The monoisotopic (exact) mass is 551 g/mol. The highest BCUT2D eigenvalue weighted by atomic mass is 19.1. The molecule has 2 aromatic heterocycles. The zero-order chi connectivity index (χ0) is 28.6. The van der Waals surface area contributed by atoms with E-state index in [0.717, 1.165) is 22.0 Å². The summed E-state index contributed by atoms with van der Waals surface area (Å²) in [6, 6.07) is 12.9. The second kappa shape index (κ2) is 10.5. The van der Waals surface area contributed by atoms with E-state index >= 15 is 4.39 Å². The third kappa shape index (κ3) is 4.92. The molecule has 0 amide bonds. The van der Waals surface area contributed by atoms with E-state index in [2.05, 4.69) is 15.0 Å². The van der Waals surface area contributed by atoms with Crippen molar-refractivity contribution in [2.75, 3.05) is 18.9 Å². The number of nitrogens with one attached hydrogen (secondary N) is 1. The second-order valence-corrected chi connectivity index (χ2v) is 9.59. The van der Waals surface area contributed by atoms with Crippen molar-refractivity contribution < 1.29 is 33.3 Å². The highest BCUT2D eigenvalue weighted by molar-refractivity contribution is 5.90. The normalized spacial score (nSPS) is 22.4. The molecule has 4 aromatic rings. The van der Waals surface area contributed by atoms with Crippen molar-refractivity contribution in [3.05, 3.63) is 87.5 Å². The number of esters is 2. The molecule has 0 radical (unpaired) electrons. The summed E-state index contributed by atoms with van der Waals surface area (Å²) >= 11 is 0. The van der Waals surface area contributed by atoms with Crippen LogP contribution in [0.2, 0.25) is 0 Å². The summed E-state index contributed by atoms with van der Waals surface area (Å²) < 4.78 is 34.3. The number of aromatic nitrogens is 4. The van der Waals surface area contributed by atoms with Gasteiger partial charge >= 0.3 is 11.9 Å². The number of alkyl halides is 1. The average Bonchev–Trinajstić information content (AvgIpc) is 3.47. The number of aliphatic hydroxyl groups excluding tert-OH is 1. The molecule has 1 fully saturated rings. The molecule has 5 rings (SSSR count). The van der Waals surface area contributed by atoms with Crippen molar-refractivity contribution in [3.63, 3.8) is 0 Å². The van der Waals surface area contributed by atoms with Crippen molar-refractivity contribution in [2.45, 2.75) is 38.0 Å². The predicted molar refractivity (Wildman–Crippen MR) is 139 cm³/mol. The largest absolute Gasteiger partial charge is 0.459 e. The number of nitrogen functional groups attached to an aromatic ring is 1. The van der Waals surface area contributed by atoms with Crippen LogP contribution in [0.15, 0.2) is 59.7 Å². The van der Waals surface area contributed by atoms with Crippen LogP contribution in [0.25, 0.3) is 11.2 Å². The number of carbonyl (C=O) groups excluding carboxylic acids is 2. The van der Waals surface area contributed by atoms with Crippen LogP contribution >= 0.6 is 0 Å². The minimum absolute atomic E-state index is 0.0945. The first-order valence-corrected chi connectivity index (χ1v) is 12.3. The maximum Gasteiger partial charge on any atom is 0.338 e. The summed E-state index contributed by atoms with van der Waals surface area (Å²) in [6.07, 6.45) is -4.31. The summed E-state index contributed by atoms with van der Waals surface area (Å²) in [6.45, 7) is 2.14. The van der Waals surface area contributed by atoms with Gasteiger partial charge in [-0.3, -0.25) is 14.3 Å². The number of nitrogens with two attached hydrogens (primary N) is 1. The zero-order valence-electron chi connectivity index (χ0n) is 21.5. The number of benzene rings is 2. The molecule has 0 saturated carbocycles. The van der Waals surface area contributed by atoms with Crippen molar-refractivity contribution in [2.24, 2.45) is 0 Å². The molecule has 40 heavy (non-hydrogen) atoms. The van der Waals surface area contributed by atoms with Crippen molar-refractivity contribution in [1.29, 1.82) is 0 Å². The molecular weight excluding hydrogens is 525 g/mol. The van der Waals surface area contributed by atoms with Gasteiger partial charge in [-0.05, 0) is 38.1 Å². The number of hydrogen-bond acceptors (Lipinski definition) is 10. The summed E-state index contributed by atoms with van der Waals surface area (Å²) in [5.74, 6) is -1.88. The number of carbonyl (C=O) groups is 2. The first-order chi connectivity index (χ1) is 19.1. The van der Waals surface area contributed by atoms with Crippen LogP contribution in [-0.2, 0) is 14.2 Å². The first-order valence-electron chi connectivity index (χ1n) is 12.3. The van der Waals surface area contributed by atoms with Crippen LogP contribution < -0.4 is 11.3 Å². The number of hydrogen-bond donors (Lipinski definition) is 3. The lowest BCUT2D eigenvalue weighted by atomic mass is 9.97. The van der Waals surface area contributed by atoms with Gasteiger partial charge in [-0.15, -0.1) is 0 Å². The predicted octanol–water partition coefficient (Wildman–Crippen LogP) is 2.00. The smallest absolute Gasteiger partial charge is 0.338 e. The molecule has 4 N–H and O–H groups in total. The van der Waals surface area contributed by atoms with E-state index < -0.39 is 54.8 Å². The summed E-state index contributed by atoms with van der Waals surface area (Å²) in [7, 11) is 0. The van der Waals surface area contributed by atoms with Gasteiger partial charge in [0.2, 0.25) is 5.95 Å². The zero-order valence-corrected chi connectivity index (χ0v) is 21.5. The molecule has 2 aromatic carbocycles. The lowest BCUT2D eigenvalue weighted by Crippen LogP contribution is -2.52. The highest BCUT2D eigenvalue weighted by Gasteiger charge is 2.60. The Labute approximate surface area is 226 Å². The molecule has 4 unspecified atom stereocenters. The van der Waals surface area contributed by atoms with E-state index in [-0.39, 0.29) is 28.2 Å². The number of imidazole rings is 1. The summed E-state index contributed by atoms with van der Waals surface area (Å²) in [5.41, 5.74) is 4.94. The van der Waals surface area contributed by atoms with Gasteiger partial charge < -0.3 is 25.1 Å². The summed E-state index contributed by atoms with van der Waals surface area (Å²) in [4.78, 5) is 48.3. The maximum absolute atomic E-state index is 16.2. The maximum atomic E-state index is 16.2. The van der Waals surface area contributed by atoms with E-state index in [1.54, 1.807) is 36.4 Å². The Morgan fingerprint density at radius 3 is 2.30 bits per heavy atom. The molecule has 208 valence electrons. The lowest BCUT2D eigenvalue weighted by molar-refractivity contribution is -0.151. The number of fused-ring (bicyclic) bond motifs is 1. The van der Waals surface area contributed by atoms with Crippen LogP contribution in [0, 0.1) is 13.8 Å². The molecule has 4 atom stereocenters. The van der Waals surface area contributed by atoms with Gasteiger partial charge in [0.1, 0.15) is 6.61 Å². The highest BCUT2D eigenvalue weighted by Crippen LogP contribution is 2.42. The number of anilines is 1. The fourth-order valence-electron chi connectivity index (χ4n) is 4.45. The Bertz CT molecular complexity index is 1620. The average molecular weight is 552 g/mol. The Morgan fingerprint density at radius 1 is 1.10 bits per heavy atom. The van der Waals surface area contributed by atoms with Gasteiger partial charge in [-0.25, -0.2) is 19.0 Å². The quantitative estimate of drug-likeness (QED) is 0.289. The molecule has 0 spiro atoms. The number of aliphatic hydroxyl groups is 1. The first kappa shape index (κ1) is 27.0. The molecule has 13 heteroatoms. The number of aryl methyl sites for hydroxylation is 2. The van der Waals surface area contributed by atoms with Gasteiger partial charge in [-0.1, -0.05) is 35.4 Å². The molecular formula is C27H26FN5O7. The molecule has 12 nitrogen and oxygen atoms in total. The van der Waals surface area contributed by atoms with Gasteiger partial charge in [-0.2, -0.15) is 4.98 Å². The number of aromatic amines is 1. The van der Waals surface area contributed by atoms with Gasteiger partial charge in [0.25, 0.3) is 5.56 Å². The van der Waals surface area contributed by atoms with Gasteiger partial charge in [0, 0.05) is 0 Å². The Morgan fingerprint density at radius 2 is 1.70 bits per heavy atom. The van der Waals surface area contributed by atoms with Crippen LogP contribution in [0.1, 0.15) is 38.1 Å². The molecule has 0 aliphatic carbocycles. The Balaban J connectivity index is 1.50. The summed E-state index contributed by atoms with van der Waals surface area (Å²) in [5, 5.41) is 10.5. The van der Waals surface area contributed by atoms with Crippen LogP contribution in [0.4, 0.5) is 10.3 Å². The number of nitrogens with zero attached hydrogens (tertiary/aromatic N) is 3. The van der Waals surface area contributed by atoms with E-state index in [4.69, 9.17) is 19.9 Å². The van der Waals surface area contributed by atoms with Crippen molar-refractivity contribution in [1.82, 2.24) is 19.5 Å². The Kier molecular flexibility index (Phi) is 7.08. The van der Waals surface area contributed by atoms with Crippen LogP contribution in [0.5, 0.6) is 0 Å². The van der Waals surface area contributed by atoms with E-state index in [9.17, 15) is 19.5 Å². The second-order valence-electron chi connectivity index (χ2n) is 9.59. The minimum atomic E-state index is -2.11. The standard InChI is InChI=1S/C27H26FN5O7/c1-14-3-7-16(8-4-14)24(36)38-12-27(11-34)20(39-25(37)17-9-5-15(2)6-10-17)18(28)23(40-27)33-13-30-19-21(33)31-26(29)32-22(19)35/h3-10,13,18,20,23,34H,11-12H2,1-2H3,(H3,29,31,32,35). The number of ether oxygens (including phenoxy) is 3. The number of halogens is 1. The molecule has 1 saturated heterocycles. The van der Waals surface area contributed by atoms with Gasteiger partial charge in [0.15, 0.2) is 35.3 Å². The van der Waals surface area contributed by atoms with Crippen LogP contribution in [-0.4, -0.2) is 67.7 Å². The van der Waals surface area contributed by atoms with Crippen molar-refractivity contribution in [3.8, 4) is 0 Å². The SMILES string of the molecule is Cc1ccc(C(=O)OCC2(CO)OC(n3cnc4c(=O)[nH]c(N)nc43)C(F)C2OC(=O)c2ccc(C)cc2)cc1. The fraction of sp³-hybridized carbons (Fsp3) is 0.296. The topological polar surface area (TPSA) is 172 Å². The van der Waals surface area contributed by atoms with Crippen molar-refractivity contribution >= 4 is 29.1 Å². The van der Waals surface area contributed by atoms with E-state index in [1.807, 2.05) is 13.8 Å². The Hall–Kier alpha value is -4.62. The third-order valence-corrected chi connectivity index (χ3v) is 6.68. The number of rotatable bonds is 7. The molecule has 1 aliphatic rings. The van der Waals surface area contributed by atoms with E-state index in [0.29, 0.717) is 0 Å². The van der Waals surface area contributed by atoms with Gasteiger partial charge in [0.05, 0.1) is 24.1 Å². The molecule has 1 aliphatic heterocycles. The van der Waals surface area contributed by atoms with Crippen LogP contribution in [0.3, 0.4) is 0 Å². The fourth-order valence-corrected chi connectivity index (χ4v) is 4.45. The third-order valence-electron chi connectivity index (χ3n) is 6.68. The molecule has 0 bridgehead atoms. The van der Waals surface area contributed by atoms with E-state index in [1.165, 1.54) is 12.1 Å². The lowest BCUT2D eigenvalue weighted by Gasteiger charge is -2.31. The minimum Gasteiger partial charge on any atom is -0.459 e.